The highest BCUT2D eigenvalue weighted by atomic mass is 16.6. The van der Waals surface area contributed by atoms with Crippen LogP contribution in [0.25, 0.3) is 0 Å². The molecule has 0 saturated heterocycles. The number of carbonyl (C=O) groups is 3. The highest BCUT2D eigenvalue weighted by Crippen LogP contribution is 2.16. The molecule has 0 aromatic heterocycles. The van der Waals surface area contributed by atoms with Gasteiger partial charge in [0.25, 0.3) is 0 Å². The van der Waals surface area contributed by atoms with Crippen molar-refractivity contribution in [1.82, 2.24) is 0 Å². The lowest BCUT2D eigenvalue weighted by atomic mass is 10.0. The molecule has 1 unspecified atom stereocenters. The molecule has 78 heavy (non-hydrogen) atoms. The molecule has 0 N–H and O–H groups in total. The Morgan fingerprint density at radius 1 is 0.269 bits per heavy atom. The Kier molecular flexibility index (Phi) is 61.4. The van der Waals surface area contributed by atoms with Gasteiger partial charge in [-0.2, -0.15) is 0 Å². The zero-order chi connectivity index (χ0) is 56.4. The SMILES string of the molecule is CC/C=C\C/C=C\C/C=C\C/C=C\C/C=C\C/C=C\C/C=C\CCCCCC(=O)OCC(COC(=O)CC/C=C\C/C=C\C/C=C\C/C=C\CC)OC(=O)CCCCCCCCCCCCCCCCCCCCCCCC. The summed E-state index contributed by atoms with van der Waals surface area (Å²) < 4.78 is 16.8. The van der Waals surface area contributed by atoms with E-state index >= 15 is 0 Å². The average Bonchev–Trinajstić information content (AvgIpc) is 3.44. The molecule has 0 aliphatic heterocycles. The minimum Gasteiger partial charge on any atom is -0.462 e. The summed E-state index contributed by atoms with van der Waals surface area (Å²) in [4.78, 5) is 38.3. The minimum atomic E-state index is -0.825. The number of ether oxygens (including phenoxy) is 3. The summed E-state index contributed by atoms with van der Waals surface area (Å²) in [6, 6.07) is 0. The maximum absolute atomic E-state index is 12.9. The third kappa shape index (κ3) is 62.4. The maximum atomic E-state index is 12.9. The van der Waals surface area contributed by atoms with Crippen molar-refractivity contribution in [1.29, 1.82) is 0 Å². The van der Waals surface area contributed by atoms with E-state index in [0.29, 0.717) is 19.3 Å². The van der Waals surface area contributed by atoms with Gasteiger partial charge in [0.05, 0.1) is 0 Å². The molecular formula is C72H118O6. The number of hydrogen-bond donors (Lipinski definition) is 0. The molecule has 0 saturated carbocycles. The fraction of sp³-hybridized carbons (Fsp3) is 0.653. The standard InChI is InChI=1S/C72H118O6/c1-4-7-10-13-16-19-22-25-27-29-31-33-35-36-37-39-40-42-44-47-50-53-56-59-62-65-71(74)77-68-69(67-76-70(73)64-61-58-55-52-49-46-24-21-18-15-12-9-6-3)78-72(75)66-63-60-57-54-51-48-45-43-41-38-34-32-30-28-26-23-20-17-14-11-8-5-2/h7,9-10,12,16,18-19,21,25,27,31,33,36-37,40,42,46-47,49-50,55,58,69H,4-6,8,11,13-15,17,20,22-24,26,28-30,32,34-35,38-39,41,43-45,48,51-54,56-57,59-68H2,1-3H3/b10-7-,12-9-,19-16-,21-18-,27-25-,33-31-,37-36-,42-40-,49-46-,50-47-,58-55-. The highest BCUT2D eigenvalue weighted by molar-refractivity contribution is 5.71. The lowest BCUT2D eigenvalue weighted by molar-refractivity contribution is -0.166. The number of carbonyl (C=O) groups excluding carboxylic acids is 3. The highest BCUT2D eigenvalue weighted by Gasteiger charge is 2.19. The fourth-order valence-corrected chi connectivity index (χ4v) is 8.67. The van der Waals surface area contributed by atoms with E-state index in [-0.39, 0.29) is 37.5 Å². The van der Waals surface area contributed by atoms with Gasteiger partial charge >= 0.3 is 17.9 Å². The van der Waals surface area contributed by atoms with Crippen LogP contribution in [0.5, 0.6) is 0 Å². The van der Waals surface area contributed by atoms with Gasteiger partial charge in [-0.15, -0.1) is 0 Å². The molecular weight excluding hydrogens is 961 g/mol. The topological polar surface area (TPSA) is 78.9 Å². The summed E-state index contributed by atoms with van der Waals surface area (Å²) in [5, 5.41) is 0. The van der Waals surface area contributed by atoms with E-state index in [1.165, 1.54) is 122 Å². The molecule has 0 aromatic carbocycles. The first-order valence-corrected chi connectivity index (χ1v) is 32.2. The summed E-state index contributed by atoms with van der Waals surface area (Å²) >= 11 is 0. The summed E-state index contributed by atoms with van der Waals surface area (Å²) in [6.07, 6.45) is 92.0. The lowest BCUT2D eigenvalue weighted by Gasteiger charge is -2.18. The van der Waals surface area contributed by atoms with Crippen LogP contribution in [0, 0.1) is 0 Å². The molecule has 0 heterocycles. The number of unbranched alkanes of at least 4 members (excludes halogenated alkanes) is 24. The van der Waals surface area contributed by atoms with Crippen molar-refractivity contribution in [2.75, 3.05) is 13.2 Å². The molecule has 0 aliphatic carbocycles. The first-order valence-electron chi connectivity index (χ1n) is 32.2. The van der Waals surface area contributed by atoms with Crippen molar-refractivity contribution in [3.63, 3.8) is 0 Å². The van der Waals surface area contributed by atoms with E-state index < -0.39 is 6.10 Å². The van der Waals surface area contributed by atoms with Crippen LogP contribution in [0.3, 0.4) is 0 Å². The second kappa shape index (κ2) is 65.1. The van der Waals surface area contributed by atoms with Gasteiger partial charge in [0.1, 0.15) is 13.2 Å². The van der Waals surface area contributed by atoms with Gasteiger partial charge in [-0.1, -0.05) is 296 Å². The van der Waals surface area contributed by atoms with Gasteiger partial charge in [-0.3, -0.25) is 14.4 Å². The second-order valence-corrected chi connectivity index (χ2v) is 20.9. The van der Waals surface area contributed by atoms with Gasteiger partial charge in [-0.25, -0.2) is 0 Å². The Labute approximate surface area is 481 Å². The van der Waals surface area contributed by atoms with E-state index in [2.05, 4.69) is 148 Å². The molecule has 0 aromatic rings. The average molecular weight is 1080 g/mol. The van der Waals surface area contributed by atoms with Crippen molar-refractivity contribution in [2.45, 2.75) is 290 Å². The van der Waals surface area contributed by atoms with Crippen LogP contribution in [0.15, 0.2) is 134 Å². The number of hydrogen-bond acceptors (Lipinski definition) is 6. The molecule has 0 fully saturated rings. The number of esters is 3. The van der Waals surface area contributed by atoms with Gasteiger partial charge in [0.2, 0.25) is 0 Å². The van der Waals surface area contributed by atoms with Crippen LogP contribution in [0.2, 0.25) is 0 Å². The van der Waals surface area contributed by atoms with Crippen LogP contribution in [0.1, 0.15) is 284 Å². The van der Waals surface area contributed by atoms with Crippen LogP contribution < -0.4 is 0 Å². The Morgan fingerprint density at radius 3 is 0.859 bits per heavy atom. The van der Waals surface area contributed by atoms with Gasteiger partial charge in [0, 0.05) is 19.3 Å². The molecule has 6 nitrogen and oxygen atoms in total. The third-order valence-electron chi connectivity index (χ3n) is 13.4. The monoisotopic (exact) mass is 1080 g/mol. The van der Waals surface area contributed by atoms with E-state index in [1.807, 2.05) is 6.08 Å². The Balaban J connectivity index is 4.44. The van der Waals surface area contributed by atoms with Crippen molar-refractivity contribution in [3.05, 3.63) is 134 Å². The second-order valence-electron chi connectivity index (χ2n) is 20.9. The van der Waals surface area contributed by atoms with E-state index in [0.717, 1.165) is 116 Å². The molecule has 0 spiro atoms. The zero-order valence-corrected chi connectivity index (χ0v) is 50.6. The van der Waals surface area contributed by atoms with E-state index in [9.17, 15) is 14.4 Å². The predicted octanol–water partition coefficient (Wildman–Crippen LogP) is 22.2. The van der Waals surface area contributed by atoms with Gasteiger partial charge < -0.3 is 14.2 Å². The Hall–Kier alpha value is -4.45. The van der Waals surface area contributed by atoms with E-state index in [1.54, 1.807) is 0 Å². The van der Waals surface area contributed by atoms with Crippen molar-refractivity contribution >= 4 is 17.9 Å². The molecule has 0 aliphatic rings. The Bertz CT molecular complexity index is 1670. The molecule has 6 heteroatoms. The summed E-state index contributed by atoms with van der Waals surface area (Å²) in [6.45, 7) is 6.34. The largest absolute Gasteiger partial charge is 0.462 e. The first kappa shape index (κ1) is 73.5. The molecule has 0 bridgehead atoms. The van der Waals surface area contributed by atoms with Crippen LogP contribution >= 0.6 is 0 Å². The molecule has 442 valence electrons. The summed E-state index contributed by atoms with van der Waals surface area (Å²) in [7, 11) is 0. The summed E-state index contributed by atoms with van der Waals surface area (Å²) in [5.41, 5.74) is 0. The summed E-state index contributed by atoms with van der Waals surface area (Å²) in [5.74, 6) is -1.03. The number of allylic oxidation sites excluding steroid dienone is 22. The van der Waals surface area contributed by atoms with Crippen molar-refractivity contribution < 1.29 is 28.6 Å². The minimum absolute atomic E-state index is 0.120. The third-order valence-corrected chi connectivity index (χ3v) is 13.4. The predicted molar refractivity (Wildman–Crippen MR) is 339 cm³/mol. The van der Waals surface area contributed by atoms with Crippen LogP contribution in [-0.2, 0) is 28.6 Å². The van der Waals surface area contributed by atoms with Crippen LogP contribution in [-0.4, -0.2) is 37.2 Å². The van der Waals surface area contributed by atoms with Gasteiger partial charge in [0.15, 0.2) is 6.10 Å². The van der Waals surface area contributed by atoms with E-state index in [4.69, 9.17) is 14.2 Å². The van der Waals surface area contributed by atoms with Crippen molar-refractivity contribution in [3.8, 4) is 0 Å². The zero-order valence-electron chi connectivity index (χ0n) is 50.6. The Morgan fingerprint density at radius 2 is 0.526 bits per heavy atom. The first-order chi connectivity index (χ1) is 38.5. The molecule has 0 rings (SSSR count). The van der Waals surface area contributed by atoms with Gasteiger partial charge in [-0.05, 0) is 103 Å². The quantitative estimate of drug-likeness (QED) is 0.0261. The molecule has 1 atom stereocenters. The molecule has 0 radical (unpaired) electrons. The fourth-order valence-electron chi connectivity index (χ4n) is 8.67. The number of rotatable bonds is 57. The smallest absolute Gasteiger partial charge is 0.306 e. The maximum Gasteiger partial charge on any atom is 0.306 e. The lowest BCUT2D eigenvalue weighted by Crippen LogP contribution is -2.30. The normalized spacial score (nSPS) is 13.0. The van der Waals surface area contributed by atoms with Crippen molar-refractivity contribution in [2.24, 2.45) is 0 Å². The van der Waals surface area contributed by atoms with Crippen LogP contribution in [0.4, 0.5) is 0 Å². The molecule has 0 amide bonds.